The van der Waals surface area contributed by atoms with Crippen LogP contribution in [0.25, 0.3) is 0 Å². The molecule has 140 valence electrons. The molecule has 0 saturated carbocycles. The van der Waals surface area contributed by atoms with E-state index in [9.17, 15) is 10.1 Å². The van der Waals surface area contributed by atoms with Crippen molar-refractivity contribution in [2.75, 3.05) is 11.9 Å². The summed E-state index contributed by atoms with van der Waals surface area (Å²) in [7, 11) is 0. The molecule has 6 heteroatoms. The minimum atomic E-state index is -0.302. The van der Waals surface area contributed by atoms with Crippen molar-refractivity contribution in [3.63, 3.8) is 0 Å². The van der Waals surface area contributed by atoms with Gasteiger partial charge >= 0.3 is 0 Å². The quantitative estimate of drug-likeness (QED) is 0.468. The molecule has 1 aliphatic rings. The zero-order valence-electron chi connectivity index (χ0n) is 15.7. The van der Waals surface area contributed by atoms with Crippen LogP contribution in [0.4, 0.5) is 5.00 Å². The number of thiophene rings is 1. The van der Waals surface area contributed by atoms with E-state index < -0.39 is 0 Å². The highest BCUT2D eigenvalue weighted by Gasteiger charge is 2.21. The van der Waals surface area contributed by atoms with Crippen LogP contribution in [0.15, 0.2) is 29.4 Å². The van der Waals surface area contributed by atoms with Crippen LogP contribution in [-0.2, 0) is 22.5 Å². The van der Waals surface area contributed by atoms with Crippen molar-refractivity contribution in [2.45, 2.75) is 46.0 Å². The Morgan fingerprint density at radius 2 is 2.00 bits per heavy atom. The number of carbonyl (C=O) groups excluding carboxylic acids is 1. The largest absolute Gasteiger partial charge is 0.385 e. The molecule has 0 atom stereocenters. The molecule has 0 aliphatic heterocycles. The fraction of sp³-hybridized carbons (Fsp3) is 0.381. The van der Waals surface area contributed by atoms with E-state index in [1.54, 1.807) is 0 Å². The van der Waals surface area contributed by atoms with Gasteiger partial charge in [-0.05, 0) is 50.7 Å². The van der Waals surface area contributed by atoms with Gasteiger partial charge in [0.15, 0.2) is 6.61 Å². The highest BCUT2D eigenvalue weighted by Crippen LogP contribution is 2.36. The minimum absolute atomic E-state index is 0.184. The Kier molecular flexibility index (Phi) is 6.25. The predicted octanol–water partition coefficient (Wildman–Crippen LogP) is 4.58. The summed E-state index contributed by atoms with van der Waals surface area (Å²) in [5, 5.41) is 17.0. The van der Waals surface area contributed by atoms with E-state index >= 15 is 0 Å². The Hall–Kier alpha value is -2.65. The molecule has 3 rings (SSSR count). The zero-order chi connectivity index (χ0) is 19.2. The van der Waals surface area contributed by atoms with E-state index in [0.29, 0.717) is 16.3 Å². The number of carbonyl (C=O) groups is 1. The van der Waals surface area contributed by atoms with Crippen molar-refractivity contribution in [1.82, 2.24) is 0 Å². The molecule has 27 heavy (non-hydrogen) atoms. The van der Waals surface area contributed by atoms with Gasteiger partial charge in [-0.1, -0.05) is 41.4 Å². The maximum absolute atomic E-state index is 12.2. The predicted molar refractivity (Wildman–Crippen MR) is 108 cm³/mol. The van der Waals surface area contributed by atoms with Crippen molar-refractivity contribution >= 4 is 28.0 Å². The van der Waals surface area contributed by atoms with Gasteiger partial charge in [-0.3, -0.25) is 4.79 Å². The Morgan fingerprint density at radius 3 is 2.74 bits per heavy atom. The normalized spacial score (nSPS) is 14.0. The summed E-state index contributed by atoms with van der Waals surface area (Å²) < 4.78 is 0. The van der Waals surface area contributed by atoms with Crippen molar-refractivity contribution in [2.24, 2.45) is 5.16 Å². The molecule has 1 aromatic carbocycles. The molecule has 1 aliphatic carbocycles. The molecule has 0 bridgehead atoms. The Bertz CT molecular complexity index is 891. The third-order valence-electron chi connectivity index (χ3n) is 4.65. The van der Waals surface area contributed by atoms with Gasteiger partial charge in [0.05, 0.1) is 11.3 Å². The van der Waals surface area contributed by atoms with Crippen LogP contribution in [-0.4, -0.2) is 18.2 Å². The topological polar surface area (TPSA) is 74.5 Å². The van der Waals surface area contributed by atoms with Gasteiger partial charge in [0.25, 0.3) is 5.91 Å². The number of aryl methyl sites for hydroxylation is 2. The number of hydrogen-bond acceptors (Lipinski definition) is 5. The van der Waals surface area contributed by atoms with E-state index in [1.807, 2.05) is 38.1 Å². The highest BCUT2D eigenvalue weighted by molar-refractivity contribution is 7.16. The van der Waals surface area contributed by atoms with E-state index in [0.717, 1.165) is 36.8 Å². The van der Waals surface area contributed by atoms with Crippen molar-refractivity contribution in [1.29, 1.82) is 5.26 Å². The lowest BCUT2D eigenvalue weighted by Gasteiger charge is -2.05. The zero-order valence-corrected chi connectivity index (χ0v) is 16.5. The van der Waals surface area contributed by atoms with Crippen LogP contribution in [0.3, 0.4) is 0 Å². The molecule has 0 radical (unpaired) electrons. The summed E-state index contributed by atoms with van der Waals surface area (Å²) >= 11 is 1.52. The van der Waals surface area contributed by atoms with Crippen molar-refractivity contribution in [3.8, 4) is 6.07 Å². The van der Waals surface area contributed by atoms with E-state index in [1.165, 1.54) is 28.2 Å². The summed E-state index contributed by atoms with van der Waals surface area (Å²) in [6.07, 6.45) is 5.34. The summed E-state index contributed by atoms with van der Waals surface area (Å²) in [5.74, 6) is -0.302. The number of amides is 1. The third-order valence-corrected chi connectivity index (χ3v) is 5.86. The number of nitrogens with one attached hydrogen (secondary N) is 1. The second kappa shape index (κ2) is 8.83. The van der Waals surface area contributed by atoms with Gasteiger partial charge in [0, 0.05) is 4.88 Å². The van der Waals surface area contributed by atoms with Crippen LogP contribution in [0.5, 0.6) is 0 Å². The average molecular weight is 382 g/mol. The number of nitrogens with zero attached hydrogens (tertiary/aromatic N) is 2. The molecule has 0 fully saturated rings. The van der Waals surface area contributed by atoms with E-state index in [2.05, 4.69) is 16.5 Å². The first-order valence-corrected chi connectivity index (χ1v) is 9.98. The van der Waals surface area contributed by atoms with Crippen LogP contribution in [0.2, 0.25) is 0 Å². The van der Waals surface area contributed by atoms with E-state index in [-0.39, 0.29) is 12.5 Å². The van der Waals surface area contributed by atoms with E-state index in [4.69, 9.17) is 4.84 Å². The molecular weight excluding hydrogens is 358 g/mol. The summed E-state index contributed by atoms with van der Waals surface area (Å²) in [6.45, 7) is 3.68. The third kappa shape index (κ3) is 4.75. The lowest BCUT2D eigenvalue weighted by molar-refractivity contribution is -0.120. The number of anilines is 1. The highest BCUT2D eigenvalue weighted by atomic mass is 32.1. The molecular formula is C21H23N3O2S. The Labute approximate surface area is 163 Å². The monoisotopic (exact) mass is 381 g/mol. The van der Waals surface area contributed by atoms with Gasteiger partial charge in [-0.2, -0.15) is 5.26 Å². The van der Waals surface area contributed by atoms with Gasteiger partial charge in [0.2, 0.25) is 0 Å². The number of oxime groups is 1. The number of hydrogen-bond donors (Lipinski definition) is 1. The maximum atomic E-state index is 12.2. The van der Waals surface area contributed by atoms with Gasteiger partial charge < -0.3 is 10.2 Å². The van der Waals surface area contributed by atoms with Gasteiger partial charge in [-0.25, -0.2) is 0 Å². The summed E-state index contributed by atoms with van der Waals surface area (Å²) in [4.78, 5) is 18.7. The molecule has 1 N–H and O–H groups in total. The molecule has 5 nitrogen and oxygen atoms in total. The molecule has 2 aromatic rings. The fourth-order valence-corrected chi connectivity index (χ4v) is 4.40. The second-order valence-electron chi connectivity index (χ2n) is 6.74. The summed E-state index contributed by atoms with van der Waals surface area (Å²) in [6, 6.07) is 10.2. The number of fused-ring (bicyclic) bond motifs is 1. The Balaban J connectivity index is 1.60. The average Bonchev–Trinajstić information content (AvgIpc) is 2.81. The van der Waals surface area contributed by atoms with Crippen molar-refractivity contribution in [3.05, 3.63) is 51.4 Å². The minimum Gasteiger partial charge on any atom is -0.385 e. The lowest BCUT2D eigenvalue weighted by atomic mass is 10.1. The smallest absolute Gasteiger partial charge is 0.265 e. The SMILES string of the molecule is C/C(=N/OCC(=O)Nc1sc2c(c1C#N)CCCCC2)c1ccc(C)cc1. The van der Waals surface area contributed by atoms with Crippen LogP contribution in [0, 0.1) is 18.3 Å². The van der Waals surface area contributed by atoms with Gasteiger partial charge in [0.1, 0.15) is 11.1 Å². The second-order valence-corrected chi connectivity index (χ2v) is 7.85. The van der Waals surface area contributed by atoms with Crippen LogP contribution >= 0.6 is 11.3 Å². The number of benzene rings is 1. The molecule has 0 spiro atoms. The van der Waals surface area contributed by atoms with Crippen molar-refractivity contribution < 1.29 is 9.63 Å². The fourth-order valence-electron chi connectivity index (χ4n) is 3.15. The Morgan fingerprint density at radius 1 is 1.26 bits per heavy atom. The number of nitriles is 1. The van der Waals surface area contributed by atoms with Crippen LogP contribution < -0.4 is 5.32 Å². The first-order chi connectivity index (χ1) is 13.1. The molecule has 1 amide bonds. The molecule has 0 unspecified atom stereocenters. The maximum Gasteiger partial charge on any atom is 0.265 e. The molecule has 0 saturated heterocycles. The van der Waals surface area contributed by atoms with Gasteiger partial charge in [-0.15, -0.1) is 11.3 Å². The van der Waals surface area contributed by atoms with Crippen LogP contribution in [0.1, 0.15) is 53.3 Å². The summed E-state index contributed by atoms with van der Waals surface area (Å²) in [5.41, 5.74) is 4.57. The standard InChI is InChI=1S/C21H23N3O2S/c1-14-8-10-16(11-9-14)15(2)24-26-13-20(25)23-21-18(12-22)17-6-4-3-5-7-19(17)27-21/h8-11H,3-7,13H2,1-2H3,(H,23,25)/b24-15-. The molecule has 1 heterocycles. The number of rotatable bonds is 5. The first-order valence-electron chi connectivity index (χ1n) is 9.16. The molecule has 1 aromatic heterocycles. The lowest BCUT2D eigenvalue weighted by Crippen LogP contribution is -2.17. The first kappa shape index (κ1) is 19.1.